The summed E-state index contributed by atoms with van der Waals surface area (Å²) in [6.07, 6.45) is -6.31. The van der Waals surface area contributed by atoms with Crippen molar-refractivity contribution in [1.82, 2.24) is 4.98 Å². The van der Waals surface area contributed by atoms with Crippen molar-refractivity contribution in [3.8, 4) is 17.4 Å². The molecule has 0 N–H and O–H groups in total. The molecule has 0 saturated carbocycles. The van der Waals surface area contributed by atoms with Crippen molar-refractivity contribution in [3.05, 3.63) is 52.2 Å². The molecule has 0 radical (unpaired) electrons. The van der Waals surface area contributed by atoms with Crippen LogP contribution in [-0.4, -0.2) is 29.3 Å². The minimum absolute atomic E-state index is 0.0435. The Balaban J connectivity index is 1.95. The molecule has 132 valence electrons. The molecule has 10 heteroatoms. The summed E-state index contributed by atoms with van der Waals surface area (Å²) >= 11 is 0. The molecule has 2 aromatic rings. The van der Waals surface area contributed by atoms with Crippen LogP contribution in [0.4, 0.5) is 18.9 Å². The average molecular weight is 356 g/mol. The Morgan fingerprint density at radius 2 is 1.96 bits per heavy atom. The van der Waals surface area contributed by atoms with Crippen LogP contribution in [0.3, 0.4) is 0 Å². The summed E-state index contributed by atoms with van der Waals surface area (Å²) in [7, 11) is 0. The van der Waals surface area contributed by atoms with Crippen molar-refractivity contribution in [2.75, 3.05) is 13.2 Å². The van der Waals surface area contributed by atoms with Crippen LogP contribution in [-0.2, 0) is 0 Å². The highest BCUT2D eigenvalue weighted by atomic mass is 19.4. The number of para-hydroxylation sites is 1. The molecule has 0 aliphatic carbocycles. The molecule has 0 saturated heterocycles. The van der Waals surface area contributed by atoms with Gasteiger partial charge in [0.05, 0.1) is 4.92 Å². The molecular weight excluding hydrogens is 345 g/mol. The summed E-state index contributed by atoms with van der Waals surface area (Å²) in [5.74, 6) is -0.251. The van der Waals surface area contributed by atoms with E-state index in [9.17, 15) is 23.3 Å². The second kappa shape index (κ2) is 6.46. The van der Waals surface area contributed by atoms with Gasteiger partial charge in [-0.3, -0.25) is 10.1 Å². The molecule has 2 heterocycles. The molecule has 1 aliphatic heterocycles. The van der Waals surface area contributed by atoms with E-state index >= 15 is 0 Å². The molecule has 25 heavy (non-hydrogen) atoms. The number of fused-ring (bicyclic) bond motifs is 1. The lowest BCUT2D eigenvalue weighted by atomic mass is 10.1. The lowest BCUT2D eigenvalue weighted by Crippen LogP contribution is -2.28. The van der Waals surface area contributed by atoms with Gasteiger partial charge in [-0.25, -0.2) is 4.98 Å². The number of ether oxygens (including phenoxy) is 3. The first-order chi connectivity index (χ1) is 11.9. The third kappa shape index (κ3) is 3.57. The summed E-state index contributed by atoms with van der Waals surface area (Å²) in [4.78, 5) is 13.4. The normalized spacial score (nSPS) is 14.7. The minimum Gasteiger partial charge on any atom is -0.486 e. The molecule has 0 bridgehead atoms. The number of rotatable bonds is 4. The summed E-state index contributed by atoms with van der Waals surface area (Å²) in [5, 5.41) is 10.6. The number of aromatic nitrogens is 1. The maximum atomic E-state index is 13.5. The molecule has 1 unspecified atom stereocenters. The predicted octanol–water partition coefficient (Wildman–Crippen LogP) is 3.44. The third-order valence-corrected chi connectivity index (χ3v) is 3.35. The van der Waals surface area contributed by atoms with E-state index in [1.54, 1.807) is 0 Å². The maximum absolute atomic E-state index is 13.5. The lowest BCUT2D eigenvalue weighted by molar-refractivity contribution is -0.385. The Labute approximate surface area is 139 Å². The van der Waals surface area contributed by atoms with Gasteiger partial charge in [-0.05, 0) is 6.07 Å². The molecule has 7 nitrogen and oxygen atoms in total. The Morgan fingerprint density at radius 1 is 1.20 bits per heavy atom. The van der Waals surface area contributed by atoms with Crippen LogP contribution in [0.25, 0.3) is 0 Å². The largest absolute Gasteiger partial charge is 0.486 e. The van der Waals surface area contributed by atoms with E-state index in [2.05, 4.69) is 4.98 Å². The van der Waals surface area contributed by atoms with Crippen LogP contribution < -0.4 is 14.2 Å². The van der Waals surface area contributed by atoms with Gasteiger partial charge in [0, 0.05) is 17.7 Å². The summed E-state index contributed by atoms with van der Waals surface area (Å²) in [5.41, 5.74) is -0.616. The number of nitrogens with zero attached hydrogens (tertiary/aromatic N) is 2. The van der Waals surface area contributed by atoms with Gasteiger partial charge in [0.2, 0.25) is 12.0 Å². The summed E-state index contributed by atoms with van der Waals surface area (Å²) in [6, 6.07) is 6.13. The predicted molar refractivity (Wildman–Crippen MR) is 77.7 cm³/mol. The van der Waals surface area contributed by atoms with E-state index in [0.717, 1.165) is 18.3 Å². The number of halogens is 3. The molecule has 0 amide bonds. The number of benzene rings is 1. The zero-order chi connectivity index (χ0) is 18.0. The van der Waals surface area contributed by atoms with Gasteiger partial charge in [-0.1, -0.05) is 12.1 Å². The number of nitro groups is 1. The summed E-state index contributed by atoms with van der Waals surface area (Å²) < 4.78 is 56.1. The number of hydrogen-bond donors (Lipinski definition) is 0. The van der Waals surface area contributed by atoms with Gasteiger partial charge >= 0.3 is 6.18 Å². The zero-order valence-electron chi connectivity index (χ0n) is 12.5. The minimum atomic E-state index is -4.76. The van der Waals surface area contributed by atoms with Gasteiger partial charge in [0.25, 0.3) is 5.69 Å². The Hall–Kier alpha value is -3.04. The van der Waals surface area contributed by atoms with Crippen molar-refractivity contribution >= 4 is 5.69 Å². The summed E-state index contributed by atoms with van der Waals surface area (Å²) in [6.45, 7) is 0.349. The highest BCUT2D eigenvalue weighted by Crippen LogP contribution is 2.44. The van der Waals surface area contributed by atoms with Crippen molar-refractivity contribution in [2.45, 2.75) is 12.3 Å². The fourth-order valence-electron chi connectivity index (χ4n) is 2.28. The van der Waals surface area contributed by atoms with Crippen LogP contribution in [0.15, 0.2) is 36.5 Å². The maximum Gasteiger partial charge on any atom is 0.429 e. The first-order valence-corrected chi connectivity index (χ1v) is 7.08. The molecular formula is C15H11F3N2O5. The first kappa shape index (κ1) is 16.8. The topological polar surface area (TPSA) is 83.7 Å². The lowest BCUT2D eigenvalue weighted by Gasteiger charge is -2.26. The Kier molecular flexibility index (Phi) is 4.34. The second-order valence-electron chi connectivity index (χ2n) is 5.02. The van der Waals surface area contributed by atoms with Gasteiger partial charge in [0.1, 0.15) is 19.4 Å². The monoisotopic (exact) mass is 356 g/mol. The van der Waals surface area contributed by atoms with E-state index in [1.807, 2.05) is 0 Å². The first-order valence-electron chi connectivity index (χ1n) is 7.08. The van der Waals surface area contributed by atoms with Crippen LogP contribution >= 0.6 is 0 Å². The van der Waals surface area contributed by atoms with Gasteiger partial charge in [-0.15, -0.1) is 0 Å². The highest BCUT2D eigenvalue weighted by Gasteiger charge is 2.45. The van der Waals surface area contributed by atoms with Crippen LogP contribution in [0.2, 0.25) is 0 Å². The third-order valence-electron chi connectivity index (χ3n) is 3.35. The van der Waals surface area contributed by atoms with E-state index in [-0.39, 0.29) is 36.0 Å². The fraction of sp³-hybridized carbons (Fsp3) is 0.267. The molecule has 3 rings (SSSR count). The van der Waals surface area contributed by atoms with Crippen LogP contribution in [0.5, 0.6) is 17.4 Å². The number of pyridine rings is 1. The average Bonchev–Trinajstić information content (AvgIpc) is 2.59. The Morgan fingerprint density at radius 3 is 2.60 bits per heavy atom. The van der Waals surface area contributed by atoms with Crippen molar-refractivity contribution in [1.29, 1.82) is 0 Å². The SMILES string of the molecule is O=[N+]([O-])c1ccc(OC(c2cccc3c2OCCO3)C(F)(F)F)nc1. The smallest absolute Gasteiger partial charge is 0.429 e. The molecule has 0 fully saturated rings. The van der Waals surface area contributed by atoms with Gasteiger partial charge < -0.3 is 14.2 Å². The molecule has 1 aromatic carbocycles. The van der Waals surface area contributed by atoms with Gasteiger partial charge in [-0.2, -0.15) is 13.2 Å². The quantitative estimate of drug-likeness (QED) is 0.616. The van der Waals surface area contributed by atoms with E-state index in [0.29, 0.717) is 0 Å². The molecule has 1 aliphatic rings. The van der Waals surface area contributed by atoms with Crippen molar-refractivity contribution in [2.24, 2.45) is 0 Å². The number of hydrogen-bond acceptors (Lipinski definition) is 6. The molecule has 1 aromatic heterocycles. The zero-order valence-corrected chi connectivity index (χ0v) is 12.5. The van der Waals surface area contributed by atoms with Crippen LogP contribution in [0, 0.1) is 10.1 Å². The van der Waals surface area contributed by atoms with E-state index < -0.39 is 23.1 Å². The standard InChI is InChI=1S/C15H11F3N2O5/c16-15(17,18)14(25-12-5-4-9(8-19-12)20(21)22)10-2-1-3-11-13(10)24-7-6-23-11/h1-5,8,14H,6-7H2. The van der Waals surface area contributed by atoms with Crippen molar-refractivity contribution < 1.29 is 32.3 Å². The number of alkyl halides is 3. The molecule has 1 atom stereocenters. The molecule has 0 spiro atoms. The van der Waals surface area contributed by atoms with E-state index in [1.165, 1.54) is 18.2 Å². The Bertz CT molecular complexity index is 780. The van der Waals surface area contributed by atoms with E-state index in [4.69, 9.17) is 14.2 Å². The van der Waals surface area contributed by atoms with Crippen molar-refractivity contribution in [3.63, 3.8) is 0 Å². The fourth-order valence-corrected chi connectivity index (χ4v) is 2.28. The highest BCUT2D eigenvalue weighted by molar-refractivity contribution is 5.49. The second-order valence-corrected chi connectivity index (χ2v) is 5.02. The van der Waals surface area contributed by atoms with Crippen LogP contribution in [0.1, 0.15) is 11.7 Å². The van der Waals surface area contributed by atoms with Gasteiger partial charge in [0.15, 0.2) is 11.5 Å².